The van der Waals surface area contributed by atoms with E-state index in [9.17, 15) is 0 Å². The topological polar surface area (TPSA) is 44.2 Å². The Hall–Kier alpha value is -3.11. The molecule has 0 aliphatic rings. The van der Waals surface area contributed by atoms with Crippen LogP contribution in [-0.4, -0.2) is 10.2 Å². The van der Waals surface area contributed by atoms with E-state index in [0.29, 0.717) is 28.3 Å². The Bertz CT molecular complexity index is 1010. The summed E-state index contributed by atoms with van der Waals surface area (Å²) in [6.45, 7) is 0. The molecule has 0 amide bonds. The molecule has 0 N–H and O–H groups in total. The van der Waals surface area contributed by atoms with Crippen molar-refractivity contribution >= 4 is 22.4 Å². The van der Waals surface area contributed by atoms with Crippen LogP contribution in [0.25, 0.3) is 10.8 Å². The second kappa shape index (κ2) is 6.79. The molecule has 0 saturated carbocycles. The number of hydrogen-bond donors (Lipinski definition) is 0. The summed E-state index contributed by atoms with van der Waals surface area (Å²) in [6, 6.07) is 24.3. The molecule has 4 nitrogen and oxygen atoms in total. The summed E-state index contributed by atoms with van der Waals surface area (Å²) < 4.78 is 11.7. The van der Waals surface area contributed by atoms with Gasteiger partial charge in [-0.2, -0.15) is 0 Å². The third-order valence-corrected chi connectivity index (χ3v) is 3.82. The van der Waals surface area contributed by atoms with Crippen LogP contribution in [0, 0.1) is 0 Å². The van der Waals surface area contributed by atoms with Crippen molar-refractivity contribution in [3.8, 4) is 23.3 Å². The second-order valence-electron chi connectivity index (χ2n) is 5.33. The first-order chi connectivity index (χ1) is 12.3. The number of ether oxygens (including phenoxy) is 2. The summed E-state index contributed by atoms with van der Waals surface area (Å²) in [5.41, 5.74) is 0. The number of nitrogens with zero attached hydrogens (tertiary/aromatic N) is 2. The zero-order chi connectivity index (χ0) is 17.1. The molecule has 3 aromatic carbocycles. The molecule has 4 aromatic rings. The first-order valence-corrected chi connectivity index (χ1v) is 8.09. The number of aromatic nitrogens is 2. The van der Waals surface area contributed by atoms with Gasteiger partial charge in [-0.1, -0.05) is 48.0 Å². The van der Waals surface area contributed by atoms with Crippen LogP contribution in [-0.2, 0) is 0 Å². The molecule has 122 valence electrons. The van der Waals surface area contributed by atoms with Crippen LogP contribution in [0.5, 0.6) is 23.3 Å². The van der Waals surface area contributed by atoms with Gasteiger partial charge < -0.3 is 9.47 Å². The number of para-hydroxylation sites is 2. The summed E-state index contributed by atoms with van der Waals surface area (Å²) in [5.74, 6) is 2.14. The van der Waals surface area contributed by atoms with Crippen molar-refractivity contribution in [2.24, 2.45) is 0 Å². The molecular weight excluding hydrogens is 336 g/mol. The zero-order valence-corrected chi connectivity index (χ0v) is 13.9. The first kappa shape index (κ1) is 15.4. The molecule has 25 heavy (non-hydrogen) atoms. The Morgan fingerprint density at radius 1 is 0.600 bits per heavy atom. The van der Waals surface area contributed by atoms with Crippen molar-refractivity contribution in [3.05, 3.63) is 83.9 Å². The minimum atomic E-state index is 0.379. The van der Waals surface area contributed by atoms with Crippen LogP contribution in [0.1, 0.15) is 0 Å². The maximum absolute atomic E-state index is 6.16. The van der Waals surface area contributed by atoms with Gasteiger partial charge in [0.25, 0.3) is 0 Å². The summed E-state index contributed by atoms with van der Waals surface area (Å²) in [5, 5.41) is 10.5. The fraction of sp³-hybridized carbons (Fsp3) is 0. The predicted molar refractivity (Wildman–Crippen MR) is 97.6 cm³/mol. The van der Waals surface area contributed by atoms with Crippen molar-refractivity contribution in [2.45, 2.75) is 0 Å². The lowest BCUT2D eigenvalue weighted by Gasteiger charge is -2.11. The lowest BCUT2D eigenvalue weighted by molar-refractivity contribution is 0.436. The molecule has 0 fully saturated rings. The fourth-order valence-electron chi connectivity index (χ4n) is 2.43. The lowest BCUT2D eigenvalue weighted by Crippen LogP contribution is -1.96. The van der Waals surface area contributed by atoms with E-state index in [-0.39, 0.29) is 0 Å². The average molecular weight is 349 g/mol. The molecule has 1 heterocycles. The molecule has 0 unspecified atom stereocenters. The van der Waals surface area contributed by atoms with Gasteiger partial charge in [0.15, 0.2) is 0 Å². The molecule has 0 aliphatic carbocycles. The van der Waals surface area contributed by atoms with Crippen LogP contribution in [0.4, 0.5) is 0 Å². The van der Waals surface area contributed by atoms with Crippen molar-refractivity contribution in [2.75, 3.05) is 0 Å². The van der Waals surface area contributed by atoms with Crippen LogP contribution in [0.2, 0.25) is 5.02 Å². The number of benzene rings is 3. The number of rotatable bonds is 4. The highest BCUT2D eigenvalue weighted by molar-refractivity contribution is 6.31. The molecule has 5 heteroatoms. The van der Waals surface area contributed by atoms with Crippen LogP contribution in [0.15, 0.2) is 78.9 Å². The second-order valence-corrected chi connectivity index (χ2v) is 5.77. The number of hydrogen-bond acceptors (Lipinski definition) is 4. The van der Waals surface area contributed by atoms with Gasteiger partial charge in [0.05, 0.1) is 10.8 Å². The van der Waals surface area contributed by atoms with Crippen molar-refractivity contribution in [3.63, 3.8) is 0 Å². The van der Waals surface area contributed by atoms with Gasteiger partial charge in [-0.3, -0.25) is 0 Å². The summed E-state index contributed by atoms with van der Waals surface area (Å²) >= 11 is 6.16. The normalized spacial score (nSPS) is 10.6. The van der Waals surface area contributed by atoms with E-state index in [1.54, 1.807) is 12.1 Å². The van der Waals surface area contributed by atoms with Gasteiger partial charge in [-0.15, -0.1) is 10.2 Å². The number of halogens is 1. The Morgan fingerprint density at radius 3 is 1.68 bits per heavy atom. The molecule has 0 radical (unpaired) electrons. The molecule has 0 spiro atoms. The SMILES string of the molecule is Clc1ccc2c(Oc3ccccc3)nnc(Oc3ccccc3)c2c1. The highest BCUT2D eigenvalue weighted by Crippen LogP contribution is 2.35. The molecule has 1 aromatic heterocycles. The Kier molecular flexibility index (Phi) is 4.19. The van der Waals surface area contributed by atoms with Gasteiger partial charge in [0, 0.05) is 5.02 Å². The van der Waals surface area contributed by atoms with Gasteiger partial charge in [0.2, 0.25) is 11.8 Å². The maximum atomic E-state index is 6.16. The molecule has 0 atom stereocenters. The lowest BCUT2D eigenvalue weighted by atomic mass is 10.2. The Balaban J connectivity index is 1.78. The van der Waals surface area contributed by atoms with E-state index in [4.69, 9.17) is 21.1 Å². The van der Waals surface area contributed by atoms with Crippen LogP contribution >= 0.6 is 11.6 Å². The van der Waals surface area contributed by atoms with Crippen LogP contribution < -0.4 is 9.47 Å². The minimum Gasteiger partial charge on any atom is -0.437 e. The minimum absolute atomic E-state index is 0.379. The highest BCUT2D eigenvalue weighted by Gasteiger charge is 2.13. The summed E-state index contributed by atoms with van der Waals surface area (Å²) in [7, 11) is 0. The van der Waals surface area contributed by atoms with E-state index in [2.05, 4.69) is 10.2 Å². The van der Waals surface area contributed by atoms with E-state index in [0.717, 1.165) is 10.8 Å². The molecular formula is C20H13ClN2O2. The van der Waals surface area contributed by atoms with Gasteiger partial charge in [-0.25, -0.2) is 0 Å². The van der Waals surface area contributed by atoms with E-state index < -0.39 is 0 Å². The molecule has 0 aliphatic heterocycles. The predicted octanol–water partition coefficient (Wildman–Crippen LogP) is 5.87. The smallest absolute Gasteiger partial charge is 0.247 e. The van der Waals surface area contributed by atoms with Crippen molar-refractivity contribution in [1.82, 2.24) is 10.2 Å². The quantitative estimate of drug-likeness (QED) is 0.462. The van der Waals surface area contributed by atoms with E-state index in [1.807, 2.05) is 66.7 Å². The maximum Gasteiger partial charge on any atom is 0.247 e. The average Bonchev–Trinajstić information content (AvgIpc) is 2.65. The van der Waals surface area contributed by atoms with E-state index >= 15 is 0 Å². The van der Waals surface area contributed by atoms with Gasteiger partial charge in [0.1, 0.15) is 11.5 Å². The number of fused-ring (bicyclic) bond motifs is 1. The van der Waals surface area contributed by atoms with Gasteiger partial charge >= 0.3 is 0 Å². The monoisotopic (exact) mass is 348 g/mol. The van der Waals surface area contributed by atoms with Crippen molar-refractivity contribution in [1.29, 1.82) is 0 Å². The van der Waals surface area contributed by atoms with Crippen LogP contribution in [0.3, 0.4) is 0 Å². The molecule has 0 saturated heterocycles. The first-order valence-electron chi connectivity index (χ1n) is 7.71. The zero-order valence-electron chi connectivity index (χ0n) is 13.1. The largest absolute Gasteiger partial charge is 0.437 e. The summed E-state index contributed by atoms with van der Waals surface area (Å²) in [4.78, 5) is 0. The fourth-order valence-corrected chi connectivity index (χ4v) is 2.60. The molecule has 4 rings (SSSR count). The van der Waals surface area contributed by atoms with Crippen molar-refractivity contribution < 1.29 is 9.47 Å². The molecule has 0 bridgehead atoms. The third kappa shape index (κ3) is 3.39. The summed E-state index contributed by atoms with van der Waals surface area (Å²) in [6.07, 6.45) is 0. The Labute approximate surface area is 149 Å². The van der Waals surface area contributed by atoms with Gasteiger partial charge in [-0.05, 0) is 42.5 Å². The van der Waals surface area contributed by atoms with E-state index in [1.165, 1.54) is 0 Å². The standard InChI is InChI=1S/C20H13ClN2O2/c21-14-11-12-17-18(13-14)20(25-16-9-5-2-6-10-16)23-22-19(17)24-15-7-3-1-4-8-15/h1-13H. The highest BCUT2D eigenvalue weighted by atomic mass is 35.5. The Morgan fingerprint density at radius 2 is 1.12 bits per heavy atom. The third-order valence-electron chi connectivity index (χ3n) is 3.59.